The topological polar surface area (TPSA) is 53.5 Å². The van der Waals surface area contributed by atoms with Crippen LogP contribution in [0.2, 0.25) is 0 Å². The van der Waals surface area contributed by atoms with Crippen LogP contribution in [0.1, 0.15) is 37.2 Å². The second-order valence-electron chi connectivity index (χ2n) is 14.0. The van der Waals surface area contributed by atoms with Gasteiger partial charge >= 0.3 is 0 Å². The average Bonchev–Trinajstić information content (AvgIpc) is 3.69. The average molecular weight is 709 g/mol. The van der Waals surface area contributed by atoms with Crippen molar-refractivity contribution in [1.82, 2.24) is 28.7 Å². The number of aromatic nitrogens is 6. The summed E-state index contributed by atoms with van der Waals surface area (Å²) in [5.74, 6) is 2.93. The van der Waals surface area contributed by atoms with Crippen LogP contribution in [0.15, 0.2) is 181 Å². The summed E-state index contributed by atoms with van der Waals surface area (Å²) in [5, 5.41) is 0. The van der Waals surface area contributed by atoms with Gasteiger partial charge in [0.15, 0.2) is 5.82 Å². The molecule has 1 atom stereocenters. The minimum absolute atomic E-state index is 0.498. The number of fused-ring (bicyclic) bond motifs is 3. The molecule has 0 saturated heterocycles. The van der Waals surface area contributed by atoms with Crippen molar-refractivity contribution in [2.75, 3.05) is 0 Å². The normalized spacial score (nSPS) is 16.8. The van der Waals surface area contributed by atoms with E-state index in [1.807, 2.05) is 42.5 Å². The second kappa shape index (κ2) is 13.6. The molecule has 0 amide bonds. The minimum Gasteiger partial charge on any atom is -0.296 e. The summed E-state index contributed by atoms with van der Waals surface area (Å²) in [4.78, 5) is 15.9. The lowest BCUT2D eigenvalue weighted by Crippen LogP contribution is -2.04. The van der Waals surface area contributed by atoms with Crippen molar-refractivity contribution in [1.29, 1.82) is 0 Å². The lowest BCUT2D eigenvalue weighted by Gasteiger charge is -2.15. The predicted molar refractivity (Wildman–Crippen MR) is 226 cm³/mol. The first-order chi connectivity index (χ1) is 27.2. The highest BCUT2D eigenvalue weighted by Gasteiger charge is 2.24. The number of nitrogens with zero attached hydrogens (tertiary/aromatic N) is 6. The van der Waals surface area contributed by atoms with Crippen molar-refractivity contribution in [2.24, 2.45) is 5.92 Å². The van der Waals surface area contributed by atoms with Crippen LogP contribution < -0.4 is 0 Å². The van der Waals surface area contributed by atoms with E-state index in [1.54, 1.807) is 0 Å². The maximum atomic E-state index is 5.33. The minimum atomic E-state index is 0.498. The highest BCUT2D eigenvalue weighted by molar-refractivity contribution is 5.98. The fourth-order valence-corrected chi connectivity index (χ4v) is 7.69. The standard InChI is InChI=1S/C49H36N6/c1-34-16-15-21-40(31-28-34)55-46-27-14-10-23-42(46)51-48(55)36-30-29-35(47-50-41-22-9-12-25-44(41)53(47)38-17-5-2-3-6-18-38)32-37(33-36)49-52-43-24-11-13-26-45(43)54(49)39-19-7-4-8-20-39/h2-17,19-27,30,32-34H,28,31H2,1H3. The first-order valence-corrected chi connectivity index (χ1v) is 18.8. The zero-order chi connectivity index (χ0) is 36.7. The van der Waals surface area contributed by atoms with Crippen molar-refractivity contribution >= 4 is 61.2 Å². The summed E-state index contributed by atoms with van der Waals surface area (Å²) in [5.41, 5.74) is 18.8. The number of rotatable bonds is 6. The third kappa shape index (κ3) is 5.83. The van der Waals surface area contributed by atoms with E-state index in [0.717, 1.165) is 91.5 Å². The maximum absolute atomic E-state index is 5.33. The SMILES string of the molecule is CC1C=CC=C(n2c(C3=CC(c4nc5ccccc5n4-c4ccccc4)=CC(c4nc5ccccc5n4C4=C=CC=CC=C4)=C=C3)nc3ccccc32)CC1. The van der Waals surface area contributed by atoms with E-state index in [2.05, 4.69) is 160 Å². The van der Waals surface area contributed by atoms with Crippen LogP contribution in [-0.4, -0.2) is 28.7 Å². The molecule has 0 bridgehead atoms. The Hall–Kier alpha value is -7.23. The predicted octanol–water partition coefficient (Wildman–Crippen LogP) is 11.4. The van der Waals surface area contributed by atoms with Gasteiger partial charge in [0.1, 0.15) is 11.6 Å². The Kier molecular flexibility index (Phi) is 8.04. The molecular formula is C49H36N6. The fourth-order valence-electron chi connectivity index (χ4n) is 7.69. The molecule has 6 nitrogen and oxygen atoms in total. The number of para-hydroxylation sites is 7. The molecule has 3 aliphatic rings. The number of benzene rings is 4. The summed E-state index contributed by atoms with van der Waals surface area (Å²) >= 11 is 0. The molecule has 3 aliphatic carbocycles. The molecule has 6 heteroatoms. The van der Waals surface area contributed by atoms with Crippen molar-refractivity contribution in [3.8, 4) is 5.69 Å². The van der Waals surface area contributed by atoms with Crippen molar-refractivity contribution in [3.63, 3.8) is 0 Å². The Bertz CT molecular complexity index is 3010. The van der Waals surface area contributed by atoms with Gasteiger partial charge in [0.25, 0.3) is 0 Å². The summed E-state index contributed by atoms with van der Waals surface area (Å²) in [6.45, 7) is 2.28. The van der Waals surface area contributed by atoms with Gasteiger partial charge in [-0.25, -0.2) is 15.0 Å². The fraction of sp³-hybridized carbons (Fsp3) is 0.0816. The van der Waals surface area contributed by atoms with Crippen LogP contribution >= 0.6 is 0 Å². The summed E-state index contributed by atoms with van der Waals surface area (Å²) in [7, 11) is 0. The molecule has 55 heavy (non-hydrogen) atoms. The maximum Gasteiger partial charge on any atom is 0.154 e. The Morgan fingerprint density at radius 3 is 1.96 bits per heavy atom. The van der Waals surface area contributed by atoms with Gasteiger partial charge < -0.3 is 0 Å². The molecule has 3 heterocycles. The van der Waals surface area contributed by atoms with E-state index in [0.29, 0.717) is 5.92 Å². The first-order valence-electron chi connectivity index (χ1n) is 18.8. The summed E-state index contributed by atoms with van der Waals surface area (Å²) < 4.78 is 6.75. The molecule has 0 radical (unpaired) electrons. The third-order valence-corrected chi connectivity index (χ3v) is 10.4. The number of imidazole rings is 3. The number of allylic oxidation sites excluding steroid dienone is 14. The monoisotopic (exact) mass is 708 g/mol. The van der Waals surface area contributed by atoms with Crippen LogP contribution in [0.3, 0.4) is 0 Å². The van der Waals surface area contributed by atoms with E-state index in [4.69, 9.17) is 15.0 Å². The molecule has 4 aromatic carbocycles. The molecule has 0 N–H and O–H groups in total. The molecule has 0 fully saturated rings. The van der Waals surface area contributed by atoms with Gasteiger partial charge in [-0.3, -0.25) is 13.7 Å². The van der Waals surface area contributed by atoms with Crippen LogP contribution in [-0.2, 0) is 0 Å². The highest BCUT2D eigenvalue weighted by Crippen LogP contribution is 2.37. The molecular weight excluding hydrogens is 673 g/mol. The van der Waals surface area contributed by atoms with Crippen LogP contribution in [0.5, 0.6) is 0 Å². The second-order valence-corrected chi connectivity index (χ2v) is 14.0. The Labute approximate surface area is 319 Å². The highest BCUT2D eigenvalue weighted by atomic mass is 15.1. The molecule has 3 aromatic heterocycles. The van der Waals surface area contributed by atoms with E-state index >= 15 is 0 Å². The van der Waals surface area contributed by atoms with E-state index in [1.165, 1.54) is 5.70 Å². The quantitative estimate of drug-likeness (QED) is 0.162. The molecule has 1 unspecified atom stereocenters. The van der Waals surface area contributed by atoms with Crippen molar-refractivity contribution < 1.29 is 0 Å². The van der Waals surface area contributed by atoms with E-state index < -0.39 is 0 Å². The van der Waals surface area contributed by atoms with Gasteiger partial charge in [-0.05, 0) is 104 Å². The van der Waals surface area contributed by atoms with E-state index in [-0.39, 0.29) is 0 Å². The zero-order valence-corrected chi connectivity index (χ0v) is 30.3. The van der Waals surface area contributed by atoms with Crippen molar-refractivity contribution in [3.05, 3.63) is 199 Å². The lowest BCUT2D eigenvalue weighted by atomic mass is 10.1. The van der Waals surface area contributed by atoms with Crippen LogP contribution in [0, 0.1) is 5.92 Å². The van der Waals surface area contributed by atoms with Gasteiger partial charge in [0.2, 0.25) is 0 Å². The largest absolute Gasteiger partial charge is 0.296 e. The molecule has 10 rings (SSSR count). The lowest BCUT2D eigenvalue weighted by molar-refractivity contribution is 0.659. The van der Waals surface area contributed by atoms with Gasteiger partial charge in [0, 0.05) is 22.5 Å². The molecule has 0 aliphatic heterocycles. The van der Waals surface area contributed by atoms with Gasteiger partial charge in [-0.1, -0.05) is 97.6 Å². The number of hydrogen-bond donors (Lipinski definition) is 0. The molecule has 0 saturated carbocycles. The number of hydrogen-bond acceptors (Lipinski definition) is 3. The smallest absolute Gasteiger partial charge is 0.154 e. The van der Waals surface area contributed by atoms with Crippen LogP contribution in [0.4, 0.5) is 0 Å². The van der Waals surface area contributed by atoms with Gasteiger partial charge in [0.05, 0.1) is 44.4 Å². The molecule has 0 spiro atoms. The summed E-state index contributed by atoms with van der Waals surface area (Å²) in [6.07, 6.45) is 25.2. The summed E-state index contributed by atoms with van der Waals surface area (Å²) in [6, 6.07) is 35.4. The zero-order valence-electron chi connectivity index (χ0n) is 30.3. The van der Waals surface area contributed by atoms with Gasteiger partial charge in [-0.2, -0.15) is 0 Å². The van der Waals surface area contributed by atoms with Crippen LogP contribution in [0.25, 0.3) is 66.9 Å². The Balaban J connectivity index is 1.27. The molecule has 7 aromatic rings. The molecule has 262 valence electrons. The Morgan fingerprint density at radius 2 is 1.22 bits per heavy atom. The van der Waals surface area contributed by atoms with Gasteiger partial charge in [-0.15, -0.1) is 5.73 Å². The third-order valence-electron chi connectivity index (χ3n) is 10.4. The first kappa shape index (κ1) is 32.4. The van der Waals surface area contributed by atoms with Crippen molar-refractivity contribution in [2.45, 2.75) is 19.8 Å². The van der Waals surface area contributed by atoms with E-state index in [9.17, 15) is 0 Å². The Morgan fingerprint density at radius 1 is 0.582 bits per heavy atom.